The van der Waals surface area contributed by atoms with Gasteiger partial charge in [0.05, 0.1) is 23.1 Å². The van der Waals surface area contributed by atoms with Gasteiger partial charge in [-0.15, -0.1) is 0 Å². The van der Waals surface area contributed by atoms with Crippen molar-refractivity contribution in [2.45, 2.75) is 32.3 Å². The molecule has 8 nitrogen and oxygen atoms in total. The summed E-state index contributed by atoms with van der Waals surface area (Å²) in [7, 11) is 1.65. The number of hydrogen-bond donors (Lipinski definition) is 1. The molecular formula is C22H26N4O4S2. The second kappa shape index (κ2) is 10.1. The number of anilines is 1. The van der Waals surface area contributed by atoms with Gasteiger partial charge in [-0.05, 0) is 43.9 Å². The summed E-state index contributed by atoms with van der Waals surface area (Å²) in [5.74, 6) is 0.249. The number of nitrogens with zero attached hydrogens (tertiary/aromatic N) is 3. The molecule has 4 heterocycles. The highest BCUT2D eigenvalue weighted by atomic mass is 32.2. The summed E-state index contributed by atoms with van der Waals surface area (Å²) in [5.41, 5.74) is 1.56. The number of carbonyl (C=O) groups is 1. The van der Waals surface area contributed by atoms with Crippen LogP contribution in [0.3, 0.4) is 0 Å². The second-order valence-electron chi connectivity index (χ2n) is 7.76. The van der Waals surface area contributed by atoms with E-state index in [-0.39, 0.29) is 17.6 Å². The molecule has 0 radical (unpaired) electrons. The first kappa shape index (κ1) is 22.9. The Morgan fingerprint density at radius 1 is 1.44 bits per heavy atom. The maximum atomic E-state index is 13.4. The SMILES string of the molecule is COCCCNc1nc2c(C)cccn2c(=O)c1/C=C1/SC(=S)N(C[C@H]2CCCO2)C1=O. The molecule has 0 unspecified atom stereocenters. The lowest BCUT2D eigenvalue weighted by Crippen LogP contribution is -2.35. The molecule has 10 heteroatoms. The highest BCUT2D eigenvalue weighted by Crippen LogP contribution is 2.34. The molecule has 4 rings (SSSR count). The third kappa shape index (κ3) is 4.73. The van der Waals surface area contributed by atoms with Crippen molar-refractivity contribution in [1.29, 1.82) is 0 Å². The summed E-state index contributed by atoms with van der Waals surface area (Å²) in [5, 5.41) is 3.24. The Hall–Kier alpha value is -2.27. The van der Waals surface area contributed by atoms with Crippen LogP contribution in [0.2, 0.25) is 0 Å². The van der Waals surface area contributed by atoms with Crippen molar-refractivity contribution in [1.82, 2.24) is 14.3 Å². The molecule has 32 heavy (non-hydrogen) atoms. The molecule has 2 aromatic heterocycles. The van der Waals surface area contributed by atoms with Gasteiger partial charge in [0.1, 0.15) is 15.8 Å². The topological polar surface area (TPSA) is 85.2 Å². The smallest absolute Gasteiger partial charge is 0.267 e. The number of hydrogen-bond acceptors (Lipinski definition) is 8. The van der Waals surface area contributed by atoms with E-state index in [4.69, 9.17) is 26.7 Å². The largest absolute Gasteiger partial charge is 0.385 e. The molecule has 170 valence electrons. The zero-order chi connectivity index (χ0) is 22.7. The van der Waals surface area contributed by atoms with Gasteiger partial charge in [-0.25, -0.2) is 4.98 Å². The number of aromatic nitrogens is 2. The van der Waals surface area contributed by atoms with Crippen molar-refractivity contribution < 1.29 is 14.3 Å². The molecular weight excluding hydrogens is 448 g/mol. The van der Waals surface area contributed by atoms with E-state index in [0.717, 1.165) is 24.8 Å². The predicted molar refractivity (Wildman–Crippen MR) is 130 cm³/mol. The number of ether oxygens (including phenoxy) is 2. The number of aryl methyl sites for hydroxylation is 1. The van der Waals surface area contributed by atoms with Crippen LogP contribution in [-0.4, -0.2) is 64.0 Å². The van der Waals surface area contributed by atoms with E-state index in [1.807, 2.05) is 19.1 Å². The number of fused-ring (bicyclic) bond motifs is 1. The van der Waals surface area contributed by atoms with Crippen LogP contribution in [0, 0.1) is 6.92 Å². The minimum absolute atomic E-state index is 0.00537. The van der Waals surface area contributed by atoms with Gasteiger partial charge in [0.15, 0.2) is 0 Å². The molecule has 0 saturated carbocycles. The standard InChI is InChI=1S/C22H26N4O4S2/c1-14-6-3-9-25-19(14)24-18(23-8-5-10-29-2)16(20(25)27)12-17-21(28)26(22(31)32-17)13-15-7-4-11-30-15/h3,6,9,12,15,23H,4-5,7-8,10-11,13H2,1-2H3/b17-12+/t15-/m1/s1. The Bertz CT molecular complexity index is 1120. The highest BCUT2D eigenvalue weighted by Gasteiger charge is 2.35. The maximum Gasteiger partial charge on any atom is 0.267 e. The van der Waals surface area contributed by atoms with Gasteiger partial charge < -0.3 is 14.8 Å². The number of thioether (sulfide) groups is 1. The summed E-state index contributed by atoms with van der Waals surface area (Å²) < 4.78 is 12.8. The number of thiocarbonyl (C=S) groups is 1. The van der Waals surface area contributed by atoms with E-state index < -0.39 is 0 Å². The first-order chi connectivity index (χ1) is 15.5. The fraction of sp³-hybridized carbons (Fsp3) is 0.455. The summed E-state index contributed by atoms with van der Waals surface area (Å²) in [4.78, 5) is 33.1. The summed E-state index contributed by atoms with van der Waals surface area (Å²) in [6.07, 6.45) is 5.97. The normalized spacial score (nSPS) is 20.1. The van der Waals surface area contributed by atoms with Crippen molar-refractivity contribution in [3.05, 3.63) is 44.7 Å². The van der Waals surface area contributed by atoms with E-state index in [1.165, 1.54) is 16.2 Å². The van der Waals surface area contributed by atoms with Gasteiger partial charge in [0.2, 0.25) is 0 Å². The van der Waals surface area contributed by atoms with Crippen LogP contribution in [0.25, 0.3) is 11.7 Å². The van der Waals surface area contributed by atoms with Crippen molar-refractivity contribution in [2.75, 3.05) is 38.7 Å². The molecule has 1 N–H and O–H groups in total. The number of nitrogens with one attached hydrogen (secondary N) is 1. The average Bonchev–Trinajstić information content (AvgIpc) is 3.38. The Morgan fingerprint density at radius 2 is 2.28 bits per heavy atom. The van der Waals surface area contributed by atoms with Crippen LogP contribution in [0.15, 0.2) is 28.0 Å². The zero-order valence-corrected chi connectivity index (χ0v) is 19.8. The van der Waals surface area contributed by atoms with Crippen molar-refractivity contribution in [3.8, 4) is 0 Å². The Labute approximate surface area is 196 Å². The van der Waals surface area contributed by atoms with Crippen LogP contribution in [0.1, 0.15) is 30.4 Å². The van der Waals surface area contributed by atoms with E-state index in [1.54, 1.807) is 24.3 Å². The van der Waals surface area contributed by atoms with Crippen molar-refractivity contribution in [2.24, 2.45) is 0 Å². The minimum Gasteiger partial charge on any atom is -0.385 e. The van der Waals surface area contributed by atoms with Crippen LogP contribution < -0.4 is 10.9 Å². The number of rotatable bonds is 8. The fourth-order valence-electron chi connectivity index (χ4n) is 3.78. The molecule has 2 aliphatic rings. The summed E-state index contributed by atoms with van der Waals surface area (Å²) in [6, 6.07) is 3.72. The van der Waals surface area contributed by atoms with E-state index in [2.05, 4.69) is 5.32 Å². The molecule has 2 fully saturated rings. The molecule has 2 saturated heterocycles. The first-order valence-electron chi connectivity index (χ1n) is 10.6. The monoisotopic (exact) mass is 474 g/mol. The van der Waals surface area contributed by atoms with E-state index >= 15 is 0 Å². The lowest BCUT2D eigenvalue weighted by Gasteiger charge is -2.18. The summed E-state index contributed by atoms with van der Waals surface area (Å²) in [6.45, 7) is 4.25. The number of methoxy groups -OCH3 is 1. The molecule has 2 aromatic rings. The zero-order valence-electron chi connectivity index (χ0n) is 18.1. The Morgan fingerprint density at radius 3 is 3.03 bits per heavy atom. The Balaban J connectivity index is 1.69. The molecule has 2 aliphatic heterocycles. The van der Waals surface area contributed by atoms with Gasteiger partial charge in [0.25, 0.3) is 11.5 Å². The predicted octanol–water partition coefficient (Wildman–Crippen LogP) is 2.83. The Kier molecular flexibility index (Phi) is 7.24. The summed E-state index contributed by atoms with van der Waals surface area (Å²) >= 11 is 6.66. The maximum absolute atomic E-state index is 13.4. The first-order valence-corrected chi connectivity index (χ1v) is 11.8. The van der Waals surface area contributed by atoms with Crippen LogP contribution >= 0.6 is 24.0 Å². The van der Waals surface area contributed by atoms with Crippen LogP contribution in [0.5, 0.6) is 0 Å². The molecule has 1 amide bonds. The van der Waals surface area contributed by atoms with Crippen molar-refractivity contribution >= 4 is 51.7 Å². The number of pyridine rings is 1. The highest BCUT2D eigenvalue weighted by molar-refractivity contribution is 8.26. The molecule has 0 spiro atoms. The van der Waals surface area contributed by atoms with Crippen molar-refractivity contribution in [3.63, 3.8) is 0 Å². The third-order valence-electron chi connectivity index (χ3n) is 5.46. The number of amides is 1. The quantitative estimate of drug-likeness (QED) is 0.355. The lowest BCUT2D eigenvalue weighted by molar-refractivity contribution is -0.123. The molecule has 0 aliphatic carbocycles. The van der Waals surface area contributed by atoms with Gasteiger partial charge in [-0.3, -0.25) is 18.9 Å². The number of carbonyl (C=O) groups excluding carboxylic acids is 1. The molecule has 0 aromatic carbocycles. The molecule has 1 atom stereocenters. The minimum atomic E-state index is -0.239. The lowest BCUT2D eigenvalue weighted by atomic mass is 10.2. The fourth-order valence-corrected chi connectivity index (χ4v) is 5.04. The van der Waals surface area contributed by atoms with Crippen LogP contribution in [-0.2, 0) is 14.3 Å². The van der Waals surface area contributed by atoms with Gasteiger partial charge in [0, 0.05) is 33.1 Å². The van der Waals surface area contributed by atoms with Gasteiger partial charge in [-0.1, -0.05) is 30.0 Å². The molecule has 0 bridgehead atoms. The van der Waals surface area contributed by atoms with Gasteiger partial charge >= 0.3 is 0 Å². The van der Waals surface area contributed by atoms with Crippen LogP contribution in [0.4, 0.5) is 5.82 Å². The average molecular weight is 475 g/mol. The third-order valence-corrected chi connectivity index (χ3v) is 6.84. The van der Waals surface area contributed by atoms with E-state index in [0.29, 0.717) is 52.6 Å². The second-order valence-corrected chi connectivity index (χ2v) is 9.44. The van der Waals surface area contributed by atoms with Gasteiger partial charge in [-0.2, -0.15) is 0 Å². The van der Waals surface area contributed by atoms with E-state index in [9.17, 15) is 9.59 Å².